The van der Waals surface area contributed by atoms with Crippen LogP contribution in [0.4, 0.5) is 20.8 Å². The lowest BCUT2D eigenvalue weighted by Crippen LogP contribution is -2.37. The quantitative estimate of drug-likeness (QED) is 0.332. The number of anilines is 2. The first kappa shape index (κ1) is 24.1. The van der Waals surface area contributed by atoms with Gasteiger partial charge in [-0.15, -0.1) is 0 Å². The third-order valence-corrected chi connectivity index (χ3v) is 5.72. The van der Waals surface area contributed by atoms with E-state index in [1.807, 2.05) is 6.92 Å². The zero-order valence-electron chi connectivity index (χ0n) is 18.8. The van der Waals surface area contributed by atoms with E-state index < -0.39 is 11.9 Å². The predicted octanol–water partition coefficient (Wildman–Crippen LogP) is 5.31. The fraction of sp³-hybridized carbons (Fsp3) is 0.364. The molecule has 34 heavy (non-hydrogen) atoms. The molecule has 0 aliphatic heterocycles. The lowest BCUT2D eigenvalue weighted by Gasteiger charge is -2.14. The molecule has 9 nitrogen and oxygen atoms in total. The second-order valence-corrected chi connectivity index (χ2v) is 8.86. The maximum atomic E-state index is 15.4. The molecule has 4 rings (SSSR count). The summed E-state index contributed by atoms with van der Waals surface area (Å²) in [6.07, 6.45) is 4.78. The number of nitrogens with zero attached hydrogens (tertiary/aromatic N) is 3. The minimum Gasteiger partial charge on any atom is -0.453 e. The van der Waals surface area contributed by atoms with Crippen LogP contribution >= 0.6 is 23.5 Å². The summed E-state index contributed by atoms with van der Waals surface area (Å²) in [5.41, 5.74) is 1.25. The molecule has 1 fully saturated rings. The average molecular weight is 507 g/mol. The molecule has 2 heterocycles. The number of carbonyl (C=O) groups excluding carboxylic acids is 1. The van der Waals surface area contributed by atoms with Crippen LogP contribution in [-0.2, 0) is 4.74 Å². The maximum Gasteiger partial charge on any atom is 0.407 e. The summed E-state index contributed by atoms with van der Waals surface area (Å²) in [5, 5.41) is 6.09. The van der Waals surface area contributed by atoms with E-state index in [9.17, 15) is 4.79 Å². The van der Waals surface area contributed by atoms with E-state index in [0.29, 0.717) is 40.6 Å². The van der Waals surface area contributed by atoms with Crippen LogP contribution in [0.1, 0.15) is 31.6 Å². The van der Waals surface area contributed by atoms with Gasteiger partial charge in [-0.3, -0.25) is 0 Å². The Bertz CT molecular complexity index is 1190. The Labute approximate surface area is 205 Å². The number of alkyl carbamates (subject to hydrolysis) is 1. The van der Waals surface area contributed by atoms with Gasteiger partial charge in [-0.05, 0) is 38.0 Å². The standard InChI is InChI=1S/C22H24ClFN6O3S/c1-11(27-22(31)32-2)10-26-21-25-7-6-15(28-21)19-18(29-20(33-19)12-4-5-12)14-8-13(23)9-16(17(14)24)30-34-3/h6-9,11-12,30H,4-5,10H2,1-3H3,(H,27,31)(H,25,26,28)/t11-/m0/s1. The van der Waals surface area contributed by atoms with Gasteiger partial charge in [0, 0.05) is 41.5 Å². The van der Waals surface area contributed by atoms with Crippen LogP contribution < -0.4 is 15.4 Å². The van der Waals surface area contributed by atoms with Crippen molar-refractivity contribution in [3.05, 3.63) is 41.1 Å². The van der Waals surface area contributed by atoms with E-state index in [1.165, 1.54) is 31.2 Å². The number of benzene rings is 1. The molecule has 1 atom stereocenters. The van der Waals surface area contributed by atoms with Gasteiger partial charge in [-0.2, -0.15) is 0 Å². The van der Waals surface area contributed by atoms with Gasteiger partial charge in [0.2, 0.25) is 5.95 Å². The lowest BCUT2D eigenvalue weighted by molar-refractivity contribution is 0.168. The van der Waals surface area contributed by atoms with Crippen LogP contribution in [-0.4, -0.2) is 47.0 Å². The number of methoxy groups -OCH3 is 1. The first-order valence-corrected chi connectivity index (χ1v) is 12.2. The van der Waals surface area contributed by atoms with Crippen LogP contribution in [0.15, 0.2) is 28.8 Å². The Hall–Kier alpha value is -3.05. The first-order chi connectivity index (χ1) is 16.4. The van der Waals surface area contributed by atoms with Crippen LogP contribution in [0.25, 0.3) is 22.7 Å². The molecule has 12 heteroatoms. The SMILES string of the molecule is COC(=O)N[C@@H](C)CNc1nccc(-c2oc(C3CC3)nc2-c2cc(Cl)cc(NSC)c2F)n1. The van der Waals surface area contributed by atoms with Gasteiger partial charge in [0.15, 0.2) is 17.5 Å². The molecule has 1 saturated carbocycles. The second kappa shape index (κ2) is 10.5. The van der Waals surface area contributed by atoms with Crippen molar-refractivity contribution in [2.45, 2.75) is 31.7 Å². The zero-order chi connectivity index (χ0) is 24.2. The van der Waals surface area contributed by atoms with E-state index >= 15 is 4.39 Å². The topological polar surface area (TPSA) is 114 Å². The molecule has 1 amide bonds. The number of aromatic nitrogens is 3. The number of amides is 1. The number of rotatable bonds is 9. The van der Waals surface area contributed by atoms with Gasteiger partial charge in [-0.1, -0.05) is 23.5 Å². The van der Waals surface area contributed by atoms with Gasteiger partial charge in [0.25, 0.3) is 0 Å². The zero-order valence-corrected chi connectivity index (χ0v) is 20.4. The predicted molar refractivity (Wildman–Crippen MR) is 131 cm³/mol. The molecule has 0 spiro atoms. The number of hydrogen-bond acceptors (Lipinski definition) is 9. The fourth-order valence-corrected chi connectivity index (χ4v) is 3.86. The lowest BCUT2D eigenvalue weighted by atomic mass is 10.1. The summed E-state index contributed by atoms with van der Waals surface area (Å²) in [6.45, 7) is 2.17. The molecule has 0 saturated heterocycles. The Morgan fingerprint density at radius 2 is 2.18 bits per heavy atom. The number of oxazole rings is 1. The highest BCUT2D eigenvalue weighted by Gasteiger charge is 2.32. The second-order valence-electron chi connectivity index (χ2n) is 7.81. The van der Waals surface area contributed by atoms with E-state index in [4.69, 9.17) is 16.0 Å². The van der Waals surface area contributed by atoms with Crippen molar-refractivity contribution in [3.8, 4) is 22.7 Å². The van der Waals surface area contributed by atoms with Gasteiger partial charge in [0.05, 0.1) is 12.8 Å². The maximum absolute atomic E-state index is 15.4. The number of ether oxygens (including phenoxy) is 1. The number of carbonyl (C=O) groups is 1. The van der Waals surface area contributed by atoms with Crippen molar-refractivity contribution in [1.29, 1.82) is 0 Å². The summed E-state index contributed by atoms with van der Waals surface area (Å²) in [7, 11) is 1.30. The Kier molecular flexibility index (Phi) is 7.42. The number of halogens is 2. The molecule has 1 aliphatic rings. The molecule has 0 radical (unpaired) electrons. The molecule has 2 aromatic heterocycles. The van der Waals surface area contributed by atoms with Crippen molar-refractivity contribution in [2.24, 2.45) is 0 Å². The minimum absolute atomic E-state index is 0.211. The Balaban J connectivity index is 1.67. The summed E-state index contributed by atoms with van der Waals surface area (Å²) < 4.78 is 29.0. The summed E-state index contributed by atoms with van der Waals surface area (Å²) in [6, 6.07) is 4.49. The van der Waals surface area contributed by atoms with Crippen molar-refractivity contribution in [1.82, 2.24) is 20.3 Å². The van der Waals surface area contributed by atoms with Crippen molar-refractivity contribution in [3.63, 3.8) is 0 Å². The molecular weight excluding hydrogens is 483 g/mol. The monoisotopic (exact) mass is 506 g/mol. The minimum atomic E-state index is -0.526. The van der Waals surface area contributed by atoms with E-state index in [2.05, 4.69) is 35.0 Å². The van der Waals surface area contributed by atoms with E-state index in [-0.39, 0.29) is 23.2 Å². The molecule has 1 aliphatic carbocycles. The molecule has 3 aromatic rings. The third kappa shape index (κ3) is 5.53. The van der Waals surface area contributed by atoms with Gasteiger partial charge >= 0.3 is 6.09 Å². The smallest absolute Gasteiger partial charge is 0.407 e. The highest BCUT2D eigenvalue weighted by molar-refractivity contribution is 7.99. The molecule has 0 unspecified atom stereocenters. The van der Waals surface area contributed by atoms with Crippen molar-refractivity contribution < 1.29 is 18.3 Å². The first-order valence-electron chi connectivity index (χ1n) is 10.6. The van der Waals surface area contributed by atoms with Crippen molar-refractivity contribution in [2.75, 3.05) is 29.9 Å². The van der Waals surface area contributed by atoms with Crippen LogP contribution in [0.3, 0.4) is 0 Å². The van der Waals surface area contributed by atoms with Crippen LogP contribution in [0.5, 0.6) is 0 Å². The molecule has 3 N–H and O–H groups in total. The molecule has 180 valence electrons. The van der Waals surface area contributed by atoms with Gasteiger partial charge in [0.1, 0.15) is 11.4 Å². The third-order valence-electron chi connectivity index (χ3n) is 5.08. The normalized spacial score (nSPS) is 13.9. The Morgan fingerprint density at radius 1 is 1.38 bits per heavy atom. The summed E-state index contributed by atoms with van der Waals surface area (Å²) in [5.74, 6) is 0.939. The number of hydrogen-bond donors (Lipinski definition) is 3. The van der Waals surface area contributed by atoms with Gasteiger partial charge in [-0.25, -0.2) is 24.1 Å². The number of nitrogens with one attached hydrogen (secondary N) is 3. The van der Waals surface area contributed by atoms with Crippen molar-refractivity contribution >= 4 is 41.3 Å². The van der Waals surface area contributed by atoms with E-state index in [1.54, 1.807) is 18.5 Å². The molecule has 0 bridgehead atoms. The summed E-state index contributed by atoms with van der Waals surface area (Å²) >= 11 is 7.54. The highest BCUT2D eigenvalue weighted by atomic mass is 35.5. The van der Waals surface area contributed by atoms with Crippen LogP contribution in [0, 0.1) is 5.82 Å². The summed E-state index contributed by atoms with van der Waals surface area (Å²) in [4.78, 5) is 24.7. The Morgan fingerprint density at radius 3 is 2.88 bits per heavy atom. The molecule has 1 aromatic carbocycles. The van der Waals surface area contributed by atoms with E-state index in [0.717, 1.165) is 12.8 Å². The fourth-order valence-electron chi connectivity index (χ4n) is 3.27. The highest BCUT2D eigenvalue weighted by Crippen LogP contribution is 2.44. The molecular formula is C22H24ClFN6O3S. The largest absolute Gasteiger partial charge is 0.453 e. The van der Waals surface area contributed by atoms with Gasteiger partial charge < -0.3 is 24.5 Å². The average Bonchev–Trinajstić information content (AvgIpc) is 3.58. The van der Waals surface area contributed by atoms with Crippen LogP contribution in [0.2, 0.25) is 5.02 Å².